The Bertz CT molecular complexity index is 693. The standard InChI is InChI=1S/C14H11ClN2OS/c15-10-7-9(8-16)5-6-12(10)18-14-17-11-3-1-2-4-13(11)19-14/h1-7H,8,16H2. The highest BCUT2D eigenvalue weighted by Crippen LogP contribution is 2.34. The van der Waals surface area contributed by atoms with Gasteiger partial charge in [0.25, 0.3) is 5.19 Å². The maximum absolute atomic E-state index is 6.15. The van der Waals surface area contributed by atoms with Crippen LogP contribution in [0.4, 0.5) is 0 Å². The molecule has 0 saturated heterocycles. The van der Waals surface area contributed by atoms with Crippen molar-refractivity contribution < 1.29 is 4.74 Å². The van der Waals surface area contributed by atoms with Gasteiger partial charge in [0.1, 0.15) is 5.75 Å². The molecule has 3 aromatic rings. The van der Waals surface area contributed by atoms with Gasteiger partial charge in [-0.3, -0.25) is 0 Å². The Balaban J connectivity index is 1.92. The van der Waals surface area contributed by atoms with Crippen LogP contribution in [0, 0.1) is 0 Å². The minimum Gasteiger partial charge on any atom is -0.429 e. The first kappa shape index (κ1) is 12.4. The van der Waals surface area contributed by atoms with Crippen LogP contribution in [0.2, 0.25) is 5.02 Å². The third-order valence-corrected chi connectivity index (χ3v) is 3.91. The summed E-state index contributed by atoms with van der Waals surface area (Å²) >= 11 is 7.65. The zero-order chi connectivity index (χ0) is 13.2. The van der Waals surface area contributed by atoms with E-state index in [1.165, 1.54) is 11.3 Å². The molecule has 0 atom stereocenters. The van der Waals surface area contributed by atoms with E-state index in [1.54, 1.807) is 0 Å². The number of hydrogen-bond donors (Lipinski definition) is 1. The van der Waals surface area contributed by atoms with Gasteiger partial charge in [-0.2, -0.15) is 0 Å². The molecule has 0 amide bonds. The molecule has 0 radical (unpaired) electrons. The van der Waals surface area contributed by atoms with Crippen LogP contribution >= 0.6 is 22.9 Å². The number of para-hydroxylation sites is 1. The fourth-order valence-electron chi connectivity index (χ4n) is 1.74. The summed E-state index contributed by atoms with van der Waals surface area (Å²) < 4.78 is 6.82. The lowest BCUT2D eigenvalue weighted by Gasteiger charge is -2.05. The first-order valence-corrected chi connectivity index (χ1v) is 6.97. The molecule has 0 saturated carbocycles. The number of fused-ring (bicyclic) bond motifs is 1. The lowest BCUT2D eigenvalue weighted by atomic mass is 10.2. The molecule has 0 fully saturated rings. The molecule has 0 bridgehead atoms. The van der Waals surface area contributed by atoms with E-state index >= 15 is 0 Å². The average Bonchev–Trinajstić information content (AvgIpc) is 2.83. The number of aromatic nitrogens is 1. The molecule has 3 nitrogen and oxygen atoms in total. The molecule has 5 heteroatoms. The predicted molar refractivity (Wildman–Crippen MR) is 79.0 cm³/mol. The van der Waals surface area contributed by atoms with E-state index in [1.807, 2.05) is 42.5 Å². The van der Waals surface area contributed by atoms with Crippen LogP contribution in [0.15, 0.2) is 42.5 Å². The zero-order valence-corrected chi connectivity index (χ0v) is 11.5. The second-order valence-electron chi connectivity index (χ2n) is 4.02. The maximum atomic E-state index is 6.15. The summed E-state index contributed by atoms with van der Waals surface area (Å²) in [7, 11) is 0. The van der Waals surface area contributed by atoms with Gasteiger partial charge in [0.2, 0.25) is 0 Å². The highest BCUT2D eigenvalue weighted by atomic mass is 35.5. The summed E-state index contributed by atoms with van der Waals surface area (Å²) in [6.07, 6.45) is 0. The van der Waals surface area contributed by atoms with Gasteiger partial charge in [-0.25, -0.2) is 4.98 Å². The van der Waals surface area contributed by atoms with Gasteiger partial charge in [-0.15, -0.1) is 0 Å². The molecule has 0 aliphatic heterocycles. The summed E-state index contributed by atoms with van der Waals surface area (Å²) in [6.45, 7) is 0.459. The fourth-order valence-corrected chi connectivity index (χ4v) is 2.81. The molecule has 2 aromatic carbocycles. The smallest absolute Gasteiger partial charge is 0.279 e. The molecule has 3 rings (SSSR count). The van der Waals surface area contributed by atoms with Crippen LogP contribution in [0.3, 0.4) is 0 Å². The molecule has 96 valence electrons. The Kier molecular flexibility index (Phi) is 3.38. The van der Waals surface area contributed by atoms with Crippen molar-refractivity contribution >= 4 is 33.2 Å². The van der Waals surface area contributed by atoms with Gasteiger partial charge in [0.15, 0.2) is 0 Å². The highest BCUT2D eigenvalue weighted by Gasteiger charge is 2.08. The normalized spacial score (nSPS) is 10.8. The van der Waals surface area contributed by atoms with E-state index in [9.17, 15) is 0 Å². The predicted octanol–water partition coefficient (Wildman–Crippen LogP) is 4.20. The van der Waals surface area contributed by atoms with Gasteiger partial charge in [0.05, 0.1) is 15.2 Å². The van der Waals surface area contributed by atoms with Gasteiger partial charge in [-0.1, -0.05) is 41.1 Å². The van der Waals surface area contributed by atoms with Crippen LogP contribution < -0.4 is 10.5 Å². The molecule has 0 aliphatic carbocycles. The maximum Gasteiger partial charge on any atom is 0.279 e. The lowest BCUT2D eigenvalue weighted by molar-refractivity contribution is 0.480. The summed E-state index contributed by atoms with van der Waals surface area (Å²) in [5.41, 5.74) is 7.46. The molecule has 0 spiro atoms. The summed E-state index contributed by atoms with van der Waals surface area (Å²) in [4.78, 5) is 4.40. The first-order chi connectivity index (χ1) is 9.26. The molecule has 1 aromatic heterocycles. The molecule has 0 aliphatic rings. The summed E-state index contributed by atoms with van der Waals surface area (Å²) in [5.74, 6) is 0.595. The van der Waals surface area contributed by atoms with Crippen molar-refractivity contribution in [2.45, 2.75) is 6.54 Å². The monoisotopic (exact) mass is 290 g/mol. The molecule has 19 heavy (non-hydrogen) atoms. The largest absolute Gasteiger partial charge is 0.429 e. The molecular weight excluding hydrogens is 280 g/mol. The lowest BCUT2D eigenvalue weighted by Crippen LogP contribution is -1.96. The van der Waals surface area contributed by atoms with Crippen molar-refractivity contribution in [3.05, 3.63) is 53.1 Å². The van der Waals surface area contributed by atoms with Crippen molar-refractivity contribution in [1.82, 2.24) is 4.98 Å². The van der Waals surface area contributed by atoms with Crippen LogP contribution in [-0.4, -0.2) is 4.98 Å². The number of halogens is 1. The fraction of sp³-hybridized carbons (Fsp3) is 0.0714. The number of benzene rings is 2. The van der Waals surface area contributed by atoms with E-state index in [-0.39, 0.29) is 0 Å². The van der Waals surface area contributed by atoms with Crippen LogP contribution in [-0.2, 0) is 6.54 Å². The van der Waals surface area contributed by atoms with Crippen molar-refractivity contribution in [1.29, 1.82) is 0 Å². The Labute approximate surface area is 119 Å². The average molecular weight is 291 g/mol. The molecular formula is C14H11ClN2OS. The second-order valence-corrected chi connectivity index (χ2v) is 5.42. The Hall–Kier alpha value is -1.62. The molecule has 1 heterocycles. The number of thiazole rings is 1. The quantitative estimate of drug-likeness (QED) is 0.786. The summed E-state index contributed by atoms with van der Waals surface area (Å²) in [6, 6.07) is 13.4. The topological polar surface area (TPSA) is 48.1 Å². The third-order valence-electron chi connectivity index (χ3n) is 2.70. The van der Waals surface area contributed by atoms with Gasteiger partial charge in [0, 0.05) is 6.54 Å². The third kappa shape index (κ3) is 2.56. The van der Waals surface area contributed by atoms with Gasteiger partial charge >= 0.3 is 0 Å². The van der Waals surface area contributed by atoms with Gasteiger partial charge in [-0.05, 0) is 29.8 Å². The second kappa shape index (κ2) is 5.17. The minimum absolute atomic E-state index is 0.459. The number of nitrogens with zero attached hydrogens (tertiary/aromatic N) is 1. The zero-order valence-electron chi connectivity index (χ0n) is 9.97. The summed E-state index contributed by atoms with van der Waals surface area (Å²) in [5, 5.41) is 1.13. The number of hydrogen-bond acceptors (Lipinski definition) is 4. The molecule has 0 unspecified atom stereocenters. The Morgan fingerprint density at radius 3 is 2.79 bits per heavy atom. The SMILES string of the molecule is NCc1ccc(Oc2nc3ccccc3s2)c(Cl)c1. The minimum atomic E-state index is 0.459. The van der Waals surface area contributed by atoms with E-state index in [2.05, 4.69) is 4.98 Å². The Morgan fingerprint density at radius 1 is 1.21 bits per heavy atom. The molecule has 2 N–H and O–H groups in total. The van der Waals surface area contributed by atoms with Crippen LogP contribution in [0.25, 0.3) is 10.2 Å². The number of ether oxygens (including phenoxy) is 1. The number of nitrogens with two attached hydrogens (primary N) is 1. The van der Waals surface area contributed by atoms with E-state index < -0.39 is 0 Å². The number of rotatable bonds is 3. The Morgan fingerprint density at radius 2 is 2.05 bits per heavy atom. The van der Waals surface area contributed by atoms with E-state index in [4.69, 9.17) is 22.1 Å². The first-order valence-electron chi connectivity index (χ1n) is 5.78. The van der Waals surface area contributed by atoms with E-state index in [0.717, 1.165) is 15.8 Å². The van der Waals surface area contributed by atoms with Crippen molar-refractivity contribution in [3.8, 4) is 10.9 Å². The van der Waals surface area contributed by atoms with Crippen molar-refractivity contribution in [2.24, 2.45) is 5.73 Å². The van der Waals surface area contributed by atoms with Crippen molar-refractivity contribution in [3.63, 3.8) is 0 Å². The van der Waals surface area contributed by atoms with Crippen LogP contribution in [0.1, 0.15) is 5.56 Å². The highest BCUT2D eigenvalue weighted by molar-refractivity contribution is 7.20. The van der Waals surface area contributed by atoms with Gasteiger partial charge < -0.3 is 10.5 Å². The van der Waals surface area contributed by atoms with Crippen LogP contribution in [0.5, 0.6) is 10.9 Å². The van der Waals surface area contributed by atoms with E-state index in [0.29, 0.717) is 22.5 Å². The van der Waals surface area contributed by atoms with Crippen molar-refractivity contribution in [2.75, 3.05) is 0 Å².